The highest BCUT2D eigenvalue weighted by Crippen LogP contribution is 2.30. The lowest BCUT2D eigenvalue weighted by atomic mass is 10.00. The third-order valence-electron chi connectivity index (χ3n) is 4.74. The molecule has 3 nitrogen and oxygen atoms in total. The van der Waals surface area contributed by atoms with Crippen LogP contribution in [0, 0.1) is 0 Å². The average Bonchev–Trinajstić information content (AvgIpc) is 3.28. The van der Waals surface area contributed by atoms with E-state index < -0.39 is 0 Å². The van der Waals surface area contributed by atoms with E-state index in [-0.39, 0.29) is 5.91 Å². The predicted molar refractivity (Wildman–Crippen MR) is 98.8 cm³/mol. The molecule has 0 radical (unpaired) electrons. The Morgan fingerprint density at radius 3 is 2.96 bits per heavy atom. The molecule has 0 aliphatic heterocycles. The van der Waals surface area contributed by atoms with Crippen molar-refractivity contribution >= 4 is 28.1 Å². The molecule has 1 aliphatic rings. The monoisotopic (exact) mass is 336 g/mol. The Bertz CT molecular complexity index is 886. The molecule has 2 aromatic heterocycles. The number of hydrogen-bond acceptors (Lipinski definition) is 3. The van der Waals surface area contributed by atoms with Crippen molar-refractivity contribution in [3.05, 3.63) is 63.5 Å². The second-order valence-corrected chi connectivity index (χ2v) is 7.39. The number of pyridine rings is 1. The molecule has 2 heterocycles. The summed E-state index contributed by atoms with van der Waals surface area (Å²) in [6, 6.07) is 12.2. The largest absolute Gasteiger partial charge is 0.351 e. The molecule has 24 heavy (non-hydrogen) atoms. The van der Waals surface area contributed by atoms with E-state index in [1.807, 2.05) is 24.3 Å². The van der Waals surface area contributed by atoms with Crippen LogP contribution in [0.4, 0.5) is 0 Å². The Balaban J connectivity index is 1.64. The van der Waals surface area contributed by atoms with Gasteiger partial charge in [0.05, 0.1) is 11.1 Å². The van der Waals surface area contributed by atoms with E-state index in [4.69, 9.17) is 4.98 Å². The number of benzene rings is 1. The number of aryl methyl sites for hydroxylation is 1. The summed E-state index contributed by atoms with van der Waals surface area (Å²) in [5, 5.41) is 6.20. The highest BCUT2D eigenvalue weighted by Gasteiger charge is 2.23. The zero-order valence-corrected chi connectivity index (χ0v) is 14.5. The smallest absolute Gasteiger partial charge is 0.252 e. The van der Waals surface area contributed by atoms with Gasteiger partial charge in [0.25, 0.3) is 5.91 Å². The lowest BCUT2D eigenvalue weighted by Crippen LogP contribution is -2.28. The maximum atomic E-state index is 13.0. The van der Waals surface area contributed by atoms with Crippen LogP contribution in [-0.2, 0) is 12.8 Å². The molecule has 0 fully saturated rings. The van der Waals surface area contributed by atoms with Crippen LogP contribution in [0.25, 0.3) is 10.9 Å². The molecule has 1 aromatic carbocycles. The van der Waals surface area contributed by atoms with Crippen LogP contribution < -0.4 is 5.32 Å². The number of amides is 1. The first-order chi connectivity index (χ1) is 11.7. The minimum absolute atomic E-state index is 0.0372. The highest BCUT2D eigenvalue weighted by atomic mass is 32.1. The summed E-state index contributed by atoms with van der Waals surface area (Å²) in [5.74, 6) is 0.366. The summed E-state index contributed by atoms with van der Waals surface area (Å²) in [5.41, 5.74) is 4.02. The van der Waals surface area contributed by atoms with Crippen molar-refractivity contribution in [3.8, 4) is 0 Å². The first-order valence-electron chi connectivity index (χ1n) is 8.46. The van der Waals surface area contributed by atoms with Gasteiger partial charge in [0, 0.05) is 28.4 Å². The molecule has 3 aromatic rings. The third-order valence-corrected chi connectivity index (χ3v) is 5.85. The lowest BCUT2D eigenvalue weighted by molar-refractivity contribution is 0.0952. The van der Waals surface area contributed by atoms with E-state index >= 15 is 0 Å². The Hall–Kier alpha value is -2.20. The van der Waals surface area contributed by atoms with Crippen LogP contribution in [0.15, 0.2) is 41.8 Å². The number of nitrogens with zero attached hydrogens (tertiary/aromatic N) is 1. The molecule has 1 unspecified atom stereocenters. The van der Waals surface area contributed by atoms with Gasteiger partial charge in [0.1, 0.15) is 0 Å². The maximum absolute atomic E-state index is 13.0. The fourth-order valence-corrected chi connectivity index (χ4v) is 4.26. The summed E-state index contributed by atoms with van der Waals surface area (Å²) >= 11 is 1.74. The first kappa shape index (κ1) is 15.3. The minimum Gasteiger partial charge on any atom is -0.351 e. The normalized spacial score (nSPS) is 14.5. The van der Waals surface area contributed by atoms with Gasteiger partial charge in [0.15, 0.2) is 0 Å². The lowest BCUT2D eigenvalue weighted by Gasteiger charge is -2.15. The number of para-hydroxylation sites is 1. The molecular weight excluding hydrogens is 316 g/mol. The third kappa shape index (κ3) is 2.71. The SMILES string of the molecule is CC(CNC(=O)c1c2c(nc3ccccc13)CCC2)c1cccs1. The second kappa shape index (κ2) is 6.36. The van der Waals surface area contributed by atoms with Gasteiger partial charge in [-0.1, -0.05) is 31.2 Å². The van der Waals surface area contributed by atoms with E-state index in [0.717, 1.165) is 47.0 Å². The van der Waals surface area contributed by atoms with E-state index in [1.54, 1.807) is 11.3 Å². The summed E-state index contributed by atoms with van der Waals surface area (Å²) in [6.07, 6.45) is 3.02. The summed E-state index contributed by atoms with van der Waals surface area (Å²) in [7, 11) is 0. The van der Waals surface area contributed by atoms with Gasteiger partial charge >= 0.3 is 0 Å². The Kier molecular flexibility index (Phi) is 4.07. The van der Waals surface area contributed by atoms with Crippen molar-refractivity contribution in [2.75, 3.05) is 6.54 Å². The molecule has 0 spiro atoms. The molecule has 1 atom stereocenters. The number of carbonyl (C=O) groups is 1. The van der Waals surface area contributed by atoms with Gasteiger partial charge in [-0.15, -0.1) is 11.3 Å². The standard InChI is InChI=1S/C20H20N2OS/c1-13(18-10-5-11-24-18)12-21-20(23)19-14-6-2-3-8-16(14)22-17-9-4-7-15(17)19/h2-3,5-6,8,10-11,13H,4,7,9,12H2,1H3,(H,21,23). The predicted octanol–water partition coefficient (Wildman–Crippen LogP) is 4.32. The summed E-state index contributed by atoms with van der Waals surface area (Å²) in [6.45, 7) is 2.81. The molecule has 4 rings (SSSR count). The topological polar surface area (TPSA) is 42.0 Å². The molecule has 122 valence electrons. The zero-order valence-electron chi connectivity index (χ0n) is 13.7. The summed E-state index contributed by atoms with van der Waals surface area (Å²) in [4.78, 5) is 19.0. The molecule has 1 N–H and O–H groups in total. The number of rotatable bonds is 4. The molecule has 0 saturated carbocycles. The van der Waals surface area contributed by atoms with Crippen molar-refractivity contribution in [1.29, 1.82) is 0 Å². The molecule has 4 heteroatoms. The van der Waals surface area contributed by atoms with E-state index in [0.29, 0.717) is 12.5 Å². The molecule has 1 amide bonds. The van der Waals surface area contributed by atoms with Gasteiger partial charge in [-0.05, 0) is 42.3 Å². The minimum atomic E-state index is 0.0372. The fraction of sp³-hybridized carbons (Fsp3) is 0.300. The van der Waals surface area contributed by atoms with Crippen LogP contribution >= 0.6 is 11.3 Å². The van der Waals surface area contributed by atoms with Crippen molar-refractivity contribution in [3.63, 3.8) is 0 Å². The fourth-order valence-electron chi connectivity index (χ4n) is 3.48. The molecular formula is C20H20N2OS. The number of carbonyl (C=O) groups excluding carboxylic acids is 1. The second-order valence-electron chi connectivity index (χ2n) is 6.41. The first-order valence-corrected chi connectivity index (χ1v) is 9.34. The number of fused-ring (bicyclic) bond motifs is 2. The van der Waals surface area contributed by atoms with Crippen LogP contribution in [0.3, 0.4) is 0 Å². The van der Waals surface area contributed by atoms with E-state index in [2.05, 4.69) is 29.8 Å². The van der Waals surface area contributed by atoms with Gasteiger partial charge in [-0.2, -0.15) is 0 Å². The average molecular weight is 336 g/mol. The van der Waals surface area contributed by atoms with Crippen molar-refractivity contribution in [1.82, 2.24) is 10.3 Å². The number of nitrogens with one attached hydrogen (secondary N) is 1. The number of aromatic nitrogens is 1. The van der Waals surface area contributed by atoms with Crippen LogP contribution in [0.2, 0.25) is 0 Å². The summed E-state index contributed by atoms with van der Waals surface area (Å²) < 4.78 is 0. The van der Waals surface area contributed by atoms with Crippen molar-refractivity contribution in [2.45, 2.75) is 32.1 Å². The van der Waals surface area contributed by atoms with Gasteiger partial charge in [-0.3, -0.25) is 9.78 Å². The Morgan fingerprint density at radius 1 is 1.25 bits per heavy atom. The molecule has 1 aliphatic carbocycles. The van der Waals surface area contributed by atoms with E-state index in [1.165, 1.54) is 4.88 Å². The maximum Gasteiger partial charge on any atom is 0.252 e. The Labute approximate surface area is 145 Å². The van der Waals surface area contributed by atoms with E-state index in [9.17, 15) is 4.79 Å². The van der Waals surface area contributed by atoms with Crippen molar-refractivity contribution < 1.29 is 4.79 Å². The molecule has 0 bridgehead atoms. The highest BCUT2D eigenvalue weighted by molar-refractivity contribution is 7.10. The van der Waals surface area contributed by atoms with Gasteiger partial charge in [0.2, 0.25) is 0 Å². The Morgan fingerprint density at radius 2 is 2.12 bits per heavy atom. The van der Waals surface area contributed by atoms with Gasteiger partial charge < -0.3 is 5.32 Å². The van der Waals surface area contributed by atoms with Crippen LogP contribution in [0.5, 0.6) is 0 Å². The number of hydrogen-bond donors (Lipinski definition) is 1. The molecule has 0 saturated heterocycles. The number of thiophene rings is 1. The quantitative estimate of drug-likeness (QED) is 0.771. The van der Waals surface area contributed by atoms with Crippen molar-refractivity contribution in [2.24, 2.45) is 0 Å². The van der Waals surface area contributed by atoms with Crippen LogP contribution in [-0.4, -0.2) is 17.4 Å². The van der Waals surface area contributed by atoms with Crippen LogP contribution in [0.1, 0.15) is 45.8 Å². The van der Waals surface area contributed by atoms with Gasteiger partial charge in [-0.25, -0.2) is 0 Å². The zero-order chi connectivity index (χ0) is 16.5.